The largest absolute Gasteiger partial charge is 0.352 e. The number of hydrogen-bond donors (Lipinski definition) is 1. The highest BCUT2D eigenvalue weighted by Crippen LogP contribution is 2.24. The van der Waals surface area contributed by atoms with Gasteiger partial charge in [0.2, 0.25) is 21.8 Å². The Labute approximate surface area is 249 Å². The predicted molar refractivity (Wildman–Crippen MR) is 167 cm³/mol. The summed E-state index contributed by atoms with van der Waals surface area (Å²) in [6.45, 7) is 7.55. The first kappa shape index (κ1) is 32.2. The summed E-state index contributed by atoms with van der Waals surface area (Å²) < 4.78 is 27.0. The Morgan fingerprint density at radius 2 is 1.51 bits per heavy atom. The minimum absolute atomic E-state index is 0.0355. The summed E-state index contributed by atoms with van der Waals surface area (Å²) in [5.74, 6) is -0.550. The standard InChI is InChI=1S/C32H40ClN3O4S/c1-6-24(4)34-32(38)30(20-25-12-8-7-9-13-25)35(21-27-14-10-11-15-29(27)33)31(37)22-36(41(5,39)40)28-18-16-26(17-19-28)23(2)3/h7-19,23-24,30H,6,20-22H2,1-5H3,(H,34,38)/t24-,30-/m0/s1. The zero-order chi connectivity index (χ0) is 30.2. The van der Waals surface area contributed by atoms with Gasteiger partial charge in [-0.2, -0.15) is 0 Å². The van der Waals surface area contributed by atoms with E-state index in [2.05, 4.69) is 19.2 Å². The molecule has 3 rings (SSSR count). The van der Waals surface area contributed by atoms with Gasteiger partial charge in [0.15, 0.2) is 0 Å². The number of amides is 2. The number of hydrogen-bond acceptors (Lipinski definition) is 4. The smallest absolute Gasteiger partial charge is 0.244 e. The van der Waals surface area contributed by atoms with Gasteiger partial charge in [0.1, 0.15) is 12.6 Å². The van der Waals surface area contributed by atoms with Gasteiger partial charge in [-0.05, 0) is 54.2 Å². The molecule has 0 spiro atoms. The Morgan fingerprint density at radius 1 is 0.902 bits per heavy atom. The molecule has 0 aliphatic carbocycles. The number of sulfonamides is 1. The van der Waals surface area contributed by atoms with Crippen LogP contribution in [0.1, 0.15) is 56.7 Å². The van der Waals surface area contributed by atoms with Crippen molar-refractivity contribution in [2.24, 2.45) is 0 Å². The van der Waals surface area contributed by atoms with E-state index in [1.807, 2.05) is 62.4 Å². The molecule has 0 heterocycles. The molecule has 0 saturated carbocycles. The molecule has 0 fully saturated rings. The van der Waals surface area contributed by atoms with Crippen LogP contribution in [-0.2, 0) is 32.6 Å². The predicted octanol–water partition coefficient (Wildman–Crippen LogP) is 5.78. The summed E-state index contributed by atoms with van der Waals surface area (Å²) in [4.78, 5) is 29.3. The van der Waals surface area contributed by atoms with Crippen LogP contribution >= 0.6 is 11.6 Å². The van der Waals surface area contributed by atoms with E-state index < -0.39 is 28.5 Å². The number of carbonyl (C=O) groups is 2. The number of benzene rings is 3. The van der Waals surface area contributed by atoms with Crippen LogP contribution in [0.25, 0.3) is 0 Å². The highest BCUT2D eigenvalue weighted by molar-refractivity contribution is 7.92. The number of nitrogens with one attached hydrogen (secondary N) is 1. The molecule has 220 valence electrons. The molecule has 0 bridgehead atoms. The van der Waals surface area contributed by atoms with Crippen LogP contribution in [-0.4, -0.2) is 50.0 Å². The lowest BCUT2D eigenvalue weighted by Gasteiger charge is -2.34. The average Bonchev–Trinajstić information content (AvgIpc) is 2.94. The lowest BCUT2D eigenvalue weighted by Crippen LogP contribution is -2.54. The molecule has 3 aromatic carbocycles. The Kier molecular flexibility index (Phi) is 11.4. The number of halogens is 1. The minimum atomic E-state index is -3.83. The number of anilines is 1. The second kappa shape index (κ2) is 14.5. The quantitative estimate of drug-likeness (QED) is 0.270. The van der Waals surface area contributed by atoms with Crippen molar-refractivity contribution in [3.8, 4) is 0 Å². The second-order valence-corrected chi connectivity index (χ2v) is 13.0. The fourth-order valence-corrected chi connectivity index (χ4v) is 5.49. The molecule has 0 aliphatic rings. The summed E-state index contributed by atoms with van der Waals surface area (Å²) in [7, 11) is -3.83. The van der Waals surface area contributed by atoms with Crippen molar-refractivity contribution in [1.82, 2.24) is 10.2 Å². The SMILES string of the molecule is CC[C@H](C)NC(=O)[C@H](Cc1ccccc1)N(Cc1ccccc1Cl)C(=O)CN(c1ccc(C(C)C)cc1)S(C)(=O)=O. The molecular weight excluding hydrogens is 558 g/mol. The molecule has 0 unspecified atom stereocenters. The topological polar surface area (TPSA) is 86.8 Å². The summed E-state index contributed by atoms with van der Waals surface area (Å²) >= 11 is 6.49. The van der Waals surface area contributed by atoms with E-state index in [1.54, 1.807) is 30.3 Å². The van der Waals surface area contributed by atoms with Gasteiger partial charge in [0, 0.05) is 24.0 Å². The van der Waals surface area contributed by atoms with E-state index in [1.165, 1.54) is 4.90 Å². The van der Waals surface area contributed by atoms with Crippen LogP contribution < -0.4 is 9.62 Å². The van der Waals surface area contributed by atoms with E-state index in [0.717, 1.165) is 28.1 Å². The highest BCUT2D eigenvalue weighted by atomic mass is 35.5. The molecule has 0 radical (unpaired) electrons. The molecule has 3 aromatic rings. The molecule has 0 aromatic heterocycles. The first-order valence-corrected chi connectivity index (χ1v) is 16.1. The first-order chi connectivity index (χ1) is 19.4. The third-order valence-electron chi connectivity index (χ3n) is 7.10. The number of rotatable bonds is 13. The van der Waals surface area contributed by atoms with Crippen molar-refractivity contribution in [2.75, 3.05) is 17.1 Å². The fourth-order valence-electron chi connectivity index (χ4n) is 4.44. The van der Waals surface area contributed by atoms with Crippen LogP contribution in [0.2, 0.25) is 5.02 Å². The lowest BCUT2D eigenvalue weighted by molar-refractivity contribution is -0.140. The Morgan fingerprint density at radius 3 is 2.07 bits per heavy atom. The van der Waals surface area contributed by atoms with Crippen molar-refractivity contribution < 1.29 is 18.0 Å². The van der Waals surface area contributed by atoms with Gasteiger partial charge in [0.25, 0.3) is 0 Å². The van der Waals surface area contributed by atoms with Crippen LogP contribution in [0.15, 0.2) is 78.9 Å². The molecular formula is C32H40ClN3O4S. The molecule has 7 nitrogen and oxygen atoms in total. The van der Waals surface area contributed by atoms with E-state index in [4.69, 9.17) is 11.6 Å². The summed E-state index contributed by atoms with van der Waals surface area (Å²) in [5.41, 5.74) is 2.97. The van der Waals surface area contributed by atoms with Crippen LogP contribution in [0, 0.1) is 0 Å². The molecule has 41 heavy (non-hydrogen) atoms. The van der Waals surface area contributed by atoms with Gasteiger partial charge in [-0.3, -0.25) is 13.9 Å². The maximum atomic E-state index is 14.2. The summed E-state index contributed by atoms with van der Waals surface area (Å²) in [5, 5.41) is 3.47. The summed E-state index contributed by atoms with van der Waals surface area (Å²) in [6, 6.07) is 22.7. The van der Waals surface area contributed by atoms with E-state index in [-0.39, 0.29) is 30.8 Å². The van der Waals surface area contributed by atoms with Gasteiger partial charge < -0.3 is 10.2 Å². The lowest BCUT2D eigenvalue weighted by atomic mass is 10.0. The molecule has 2 amide bonds. The zero-order valence-corrected chi connectivity index (χ0v) is 26.0. The van der Waals surface area contributed by atoms with Crippen molar-refractivity contribution in [1.29, 1.82) is 0 Å². The van der Waals surface area contributed by atoms with E-state index in [9.17, 15) is 18.0 Å². The minimum Gasteiger partial charge on any atom is -0.352 e. The molecule has 0 saturated heterocycles. The Hall–Kier alpha value is -3.36. The molecule has 1 N–H and O–H groups in total. The molecule has 0 aliphatic heterocycles. The monoisotopic (exact) mass is 597 g/mol. The normalized spacial score (nSPS) is 13.0. The third-order valence-corrected chi connectivity index (χ3v) is 8.61. The van der Waals surface area contributed by atoms with Gasteiger partial charge in [-0.25, -0.2) is 8.42 Å². The zero-order valence-electron chi connectivity index (χ0n) is 24.4. The highest BCUT2D eigenvalue weighted by Gasteiger charge is 2.33. The van der Waals surface area contributed by atoms with Crippen LogP contribution in [0.3, 0.4) is 0 Å². The number of carbonyl (C=O) groups excluding carboxylic acids is 2. The fraction of sp³-hybridized carbons (Fsp3) is 0.375. The van der Waals surface area contributed by atoms with Crippen molar-refractivity contribution in [2.45, 2.75) is 65.1 Å². The maximum absolute atomic E-state index is 14.2. The third kappa shape index (κ3) is 9.07. The van der Waals surface area contributed by atoms with E-state index in [0.29, 0.717) is 16.3 Å². The Balaban J connectivity index is 2.06. The number of nitrogens with zero attached hydrogens (tertiary/aromatic N) is 2. The van der Waals surface area contributed by atoms with Gasteiger partial charge >= 0.3 is 0 Å². The van der Waals surface area contributed by atoms with Crippen molar-refractivity contribution >= 4 is 39.1 Å². The molecule has 2 atom stereocenters. The molecule has 9 heteroatoms. The second-order valence-electron chi connectivity index (χ2n) is 10.7. The first-order valence-electron chi connectivity index (χ1n) is 13.9. The Bertz CT molecular complexity index is 1410. The van der Waals surface area contributed by atoms with Crippen molar-refractivity contribution in [3.63, 3.8) is 0 Å². The van der Waals surface area contributed by atoms with Crippen molar-refractivity contribution in [3.05, 3.63) is 101 Å². The maximum Gasteiger partial charge on any atom is 0.244 e. The van der Waals surface area contributed by atoms with Gasteiger partial charge in [-0.1, -0.05) is 93.0 Å². The van der Waals surface area contributed by atoms with Crippen LogP contribution in [0.4, 0.5) is 5.69 Å². The van der Waals surface area contributed by atoms with Crippen LogP contribution in [0.5, 0.6) is 0 Å². The van der Waals surface area contributed by atoms with E-state index >= 15 is 0 Å². The average molecular weight is 598 g/mol. The summed E-state index contributed by atoms with van der Waals surface area (Å²) in [6.07, 6.45) is 2.05. The van der Waals surface area contributed by atoms with Gasteiger partial charge in [0.05, 0.1) is 11.9 Å². The van der Waals surface area contributed by atoms with Gasteiger partial charge in [-0.15, -0.1) is 0 Å².